The summed E-state index contributed by atoms with van der Waals surface area (Å²) >= 11 is 0. The number of fused-ring (bicyclic) bond motifs is 1. The van der Waals surface area contributed by atoms with Crippen LogP contribution in [0.4, 0.5) is 11.4 Å². The van der Waals surface area contributed by atoms with Crippen LogP contribution in [0.15, 0.2) is 30.5 Å². The van der Waals surface area contributed by atoms with Gasteiger partial charge in [-0.15, -0.1) is 0 Å². The number of piperazine rings is 1. The number of nitrogen functional groups attached to an aromatic ring is 1. The molecule has 1 aromatic heterocycles. The van der Waals surface area contributed by atoms with Gasteiger partial charge in [0.1, 0.15) is 0 Å². The molecular weight excluding hydrogens is 248 g/mol. The highest BCUT2D eigenvalue weighted by molar-refractivity contribution is 5.98. The van der Waals surface area contributed by atoms with Crippen LogP contribution in [0.5, 0.6) is 0 Å². The Labute approximate surface area is 120 Å². The number of hydrogen-bond donors (Lipinski definition) is 1. The molecule has 0 bridgehead atoms. The fourth-order valence-electron chi connectivity index (χ4n) is 2.90. The summed E-state index contributed by atoms with van der Waals surface area (Å²) in [6.07, 6.45) is 1.80. The van der Waals surface area contributed by atoms with Crippen molar-refractivity contribution in [3.05, 3.63) is 30.5 Å². The molecule has 106 valence electrons. The Morgan fingerprint density at radius 2 is 2.00 bits per heavy atom. The van der Waals surface area contributed by atoms with Crippen molar-refractivity contribution in [2.75, 3.05) is 37.3 Å². The molecule has 2 heterocycles. The molecule has 0 radical (unpaired) electrons. The standard InChI is InChI=1S/C16H22N4/c1-16(2)11-20(10-9-19(16)3)14-7-6-13(17)15-12(14)5-4-8-18-15/h4-8H,9-11,17H2,1-3H3. The molecule has 1 fully saturated rings. The van der Waals surface area contributed by atoms with Crippen LogP contribution < -0.4 is 10.6 Å². The fraction of sp³-hybridized carbons (Fsp3) is 0.438. The Kier molecular flexibility index (Phi) is 3.05. The van der Waals surface area contributed by atoms with E-state index in [0.29, 0.717) is 0 Å². The minimum Gasteiger partial charge on any atom is -0.397 e. The molecule has 0 atom stereocenters. The lowest BCUT2D eigenvalue weighted by atomic mass is 9.98. The van der Waals surface area contributed by atoms with Crippen molar-refractivity contribution in [3.63, 3.8) is 0 Å². The van der Waals surface area contributed by atoms with Crippen LogP contribution in [0.3, 0.4) is 0 Å². The third-order valence-electron chi connectivity index (χ3n) is 4.44. The smallest absolute Gasteiger partial charge is 0.0951 e. The molecule has 20 heavy (non-hydrogen) atoms. The van der Waals surface area contributed by atoms with Gasteiger partial charge >= 0.3 is 0 Å². The number of nitrogens with zero attached hydrogens (tertiary/aromatic N) is 3. The summed E-state index contributed by atoms with van der Waals surface area (Å²) in [5.41, 5.74) is 9.11. The lowest BCUT2D eigenvalue weighted by molar-refractivity contribution is 0.139. The van der Waals surface area contributed by atoms with Crippen molar-refractivity contribution in [3.8, 4) is 0 Å². The number of benzene rings is 1. The molecule has 4 nitrogen and oxygen atoms in total. The molecule has 0 saturated carbocycles. The maximum Gasteiger partial charge on any atom is 0.0951 e. The average Bonchev–Trinajstić information content (AvgIpc) is 2.43. The van der Waals surface area contributed by atoms with Crippen molar-refractivity contribution < 1.29 is 0 Å². The number of hydrogen-bond acceptors (Lipinski definition) is 4. The van der Waals surface area contributed by atoms with Gasteiger partial charge in [-0.3, -0.25) is 9.88 Å². The van der Waals surface area contributed by atoms with Crippen LogP contribution in [0.25, 0.3) is 10.9 Å². The van der Waals surface area contributed by atoms with E-state index < -0.39 is 0 Å². The van der Waals surface area contributed by atoms with Crippen LogP contribution in [0, 0.1) is 0 Å². The first-order chi connectivity index (χ1) is 9.49. The van der Waals surface area contributed by atoms with E-state index in [1.54, 1.807) is 6.20 Å². The first-order valence-corrected chi connectivity index (χ1v) is 7.08. The molecule has 2 aromatic rings. The summed E-state index contributed by atoms with van der Waals surface area (Å²) in [5, 5.41) is 1.15. The average molecular weight is 270 g/mol. The maximum atomic E-state index is 6.04. The summed E-state index contributed by atoms with van der Waals surface area (Å²) in [6.45, 7) is 7.69. The Morgan fingerprint density at radius 3 is 2.75 bits per heavy atom. The highest BCUT2D eigenvalue weighted by atomic mass is 15.3. The van der Waals surface area contributed by atoms with Crippen LogP contribution in [-0.4, -0.2) is 42.1 Å². The molecule has 4 heteroatoms. The summed E-state index contributed by atoms with van der Waals surface area (Å²) in [4.78, 5) is 9.29. The summed E-state index contributed by atoms with van der Waals surface area (Å²) in [5.74, 6) is 0. The lowest BCUT2D eigenvalue weighted by Gasteiger charge is -2.46. The monoisotopic (exact) mass is 270 g/mol. The summed E-state index contributed by atoms with van der Waals surface area (Å²) < 4.78 is 0. The van der Waals surface area contributed by atoms with E-state index in [1.165, 1.54) is 5.69 Å². The quantitative estimate of drug-likeness (QED) is 0.808. The van der Waals surface area contributed by atoms with Crippen LogP contribution >= 0.6 is 0 Å². The Hall–Kier alpha value is -1.81. The molecule has 0 unspecified atom stereocenters. The zero-order chi connectivity index (χ0) is 14.3. The summed E-state index contributed by atoms with van der Waals surface area (Å²) in [7, 11) is 2.19. The van der Waals surface area contributed by atoms with E-state index in [4.69, 9.17) is 5.73 Å². The van der Waals surface area contributed by atoms with Gasteiger partial charge in [0.15, 0.2) is 0 Å². The van der Waals surface area contributed by atoms with Gasteiger partial charge in [-0.05, 0) is 45.2 Å². The van der Waals surface area contributed by atoms with Crippen molar-refractivity contribution >= 4 is 22.3 Å². The maximum absolute atomic E-state index is 6.04. The largest absolute Gasteiger partial charge is 0.397 e. The number of rotatable bonds is 1. The molecule has 0 amide bonds. The Morgan fingerprint density at radius 1 is 1.20 bits per heavy atom. The number of aromatic nitrogens is 1. The SMILES string of the molecule is CN1CCN(c2ccc(N)c3ncccc23)CC1(C)C. The Balaban J connectivity index is 2.05. The molecule has 1 saturated heterocycles. The van der Waals surface area contributed by atoms with Crippen molar-refractivity contribution in [1.82, 2.24) is 9.88 Å². The second-order valence-electron chi connectivity index (χ2n) is 6.23. The highest BCUT2D eigenvalue weighted by Crippen LogP contribution is 2.32. The molecule has 1 aliphatic rings. The number of anilines is 2. The number of nitrogens with two attached hydrogens (primary N) is 1. The van der Waals surface area contributed by atoms with E-state index >= 15 is 0 Å². The normalized spacial score (nSPS) is 19.4. The number of likely N-dealkylation sites (N-methyl/N-ethyl adjacent to an activating group) is 1. The molecule has 1 aliphatic heterocycles. The molecule has 0 spiro atoms. The third kappa shape index (κ3) is 2.10. The van der Waals surface area contributed by atoms with Crippen LogP contribution in [0.1, 0.15) is 13.8 Å². The van der Waals surface area contributed by atoms with Crippen LogP contribution in [-0.2, 0) is 0 Å². The van der Waals surface area contributed by atoms with E-state index in [1.807, 2.05) is 12.1 Å². The minimum atomic E-state index is 0.175. The second-order valence-corrected chi connectivity index (χ2v) is 6.23. The predicted molar refractivity (Wildman–Crippen MR) is 85.1 cm³/mol. The van der Waals surface area contributed by atoms with Gasteiger partial charge in [0.2, 0.25) is 0 Å². The second kappa shape index (κ2) is 4.63. The molecule has 2 N–H and O–H groups in total. The van der Waals surface area contributed by atoms with E-state index in [-0.39, 0.29) is 5.54 Å². The molecule has 3 rings (SSSR count). The van der Waals surface area contributed by atoms with Crippen molar-refractivity contribution in [2.24, 2.45) is 0 Å². The first-order valence-electron chi connectivity index (χ1n) is 7.08. The van der Waals surface area contributed by atoms with Gasteiger partial charge in [0.05, 0.1) is 11.2 Å². The third-order valence-corrected chi connectivity index (χ3v) is 4.44. The van der Waals surface area contributed by atoms with Crippen LogP contribution in [0.2, 0.25) is 0 Å². The van der Waals surface area contributed by atoms with E-state index in [9.17, 15) is 0 Å². The van der Waals surface area contributed by atoms with E-state index in [2.05, 4.69) is 47.8 Å². The zero-order valence-corrected chi connectivity index (χ0v) is 12.4. The number of pyridine rings is 1. The molecule has 0 aliphatic carbocycles. The van der Waals surface area contributed by atoms with Gasteiger partial charge < -0.3 is 10.6 Å². The fourth-order valence-corrected chi connectivity index (χ4v) is 2.90. The van der Waals surface area contributed by atoms with Gasteiger partial charge in [-0.2, -0.15) is 0 Å². The minimum absolute atomic E-state index is 0.175. The first kappa shape index (κ1) is 13.2. The van der Waals surface area contributed by atoms with Gasteiger partial charge in [0, 0.05) is 42.4 Å². The Bertz CT molecular complexity index is 635. The highest BCUT2D eigenvalue weighted by Gasteiger charge is 2.31. The van der Waals surface area contributed by atoms with Crippen molar-refractivity contribution in [1.29, 1.82) is 0 Å². The van der Waals surface area contributed by atoms with Crippen molar-refractivity contribution in [2.45, 2.75) is 19.4 Å². The van der Waals surface area contributed by atoms with E-state index in [0.717, 1.165) is 36.2 Å². The topological polar surface area (TPSA) is 45.4 Å². The van der Waals surface area contributed by atoms with Gasteiger partial charge in [0.25, 0.3) is 0 Å². The lowest BCUT2D eigenvalue weighted by Crippen LogP contribution is -2.57. The van der Waals surface area contributed by atoms with Gasteiger partial charge in [-0.1, -0.05) is 0 Å². The molecule has 1 aromatic carbocycles. The zero-order valence-electron chi connectivity index (χ0n) is 12.4. The van der Waals surface area contributed by atoms with Gasteiger partial charge in [-0.25, -0.2) is 0 Å². The molecular formula is C16H22N4. The summed E-state index contributed by atoms with van der Waals surface area (Å²) in [6, 6.07) is 8.18. The predicted octanol–water partition coefficient (Wildman–Crippen LogP) is 2.35.